The van der Waals surface area contributed by atoms with Crippen LogP contribution in [0.15, 0.2) is 24.3 Å². The molecule has 1 aliphatic heterocycles. The molecule has 124 valence electrons. The van der Waals surface area contributed by atoms with Gasteiger partial charge in [-0.25, -0.2) is 0 Å². The fourth-order valence-corrected chi connectivity index (χ4v) is 2.50. The van der Waals surface area contributed by atoms with Crippen molar-refractivity contribution in [3.63, 3.8) is 0 Å². The lowest BCUT2D eigenvalue weighted by Crippen LogP contribution is -2.38. The number of aryl methyl sites for hydroxylation is 1. The van der Waals surface area contributed by atoms with Gasteiger partial charge >= 0.3 is 0 Å². The van der Waals surface area contributed by atoms with Crippen molar-refractivity contribution in [3.05, 3.63) is 29.8 Å². The van der Waals surface area contributed by atoms with E-state index < -0.39 is 0 Å². The zero-order chi connectivity index (χ0) is 16.8. The molecule has 0 aliphatic carbocycles. The molecule has 0 unspecified atom stereocenters. The third-order valence-corrected chi connectivity index (χ3v) is 3.70. The highest BCUT2D eigenvalue weighted by Gasteiger charge is 2.21. The predicted octanol–water partition coefficient (Wildman–Crippen LogP) is 1.96. The highest BCUT2D eigenvalue weighted by Crippen LogP contribution is 2.38. The normalized spacial score (nSPS) is 13.9. The molecule has 0 aromatic heterocycles. The topological polar surface area (TPSA) is 65.1 Å². The third kappa shape index (κ3) is 3.83. The first-order chi connectivity index (χ1) is 11.1. The van der Waals surface area contributed by atoms with Gasteiger partial charge in [0.05, 0.1) is 21.3 Å². The van der Waals surface area contributed by atoms with Crippen molar-refractivity contribution in [3.8, 4) is 17.2 Å². The van der Waals surface area contributed by atoms with Crippen molar-refractivity contribution in [1.82, 2.24) is 4.90 Å². The van der Waals surface area contributed by atoms with Crippen molar-refractivity contribution in [2.45, 2.75) is 19.3 Å². The molecule has 0 saturated carbocycles. The average molecular weight is 319 g/mol. The van der Waals surface area contributed by atoms with Gasteiger partial charge in [0.15, 0.2) is 11.5 Å². The Balaban J connectivity index is 2.09. The van der Waals surface area contributed by atoms with E-state index in [4.69, 9.17) is 14.2 Å². The highest BCUT2D eigenvalue weighted by molar-refractivity contribution is 6.01. The van der Waals surface area contributed by atoms with Crippen molar-refractivity contribution < 1.29 is 23.8 Å². The van der Waals surface area contributed by atoms with Crippen LogP contribution in [0.25, 0.3) is 0 Å². The van der Waals surface area contributed by atoms with Crippen LogP contribution in [0, 0.1) is 0 Å². The molecule has 2 amide bonds. The molecule has 0 spiro atoms. The molecule has 1 aromatic carbocycles. The maximum absolute atomic E-state index is 12.2. The summed E-state index contributed by atoms with van der Waals surface area (Å²) in [7, 11) is 4.63. The summed E-state index contributed by atoms with van der Waals surface area (Å²) < 4.78 is 15.9. The summed E-state index contributed by atoms with van der Waals surface area (Å²) in [5.41, 5.74) is 0.882. The van der Waals surface area contributed by atoms with Gasteiger partial charge < -0.3 is 14.2 Å². The summed E-state index contributed by atoms with van der Waals surface area (Å²) in [4.78, 5) is 25.2. The number of hydrogen-bond donors (Lipinski definition) is 0. The quantitative estimate of drug-likeness (QED) is 0.802. The molecule has 0 atom stereocenters. The lowest BCUT2D eigenvalue weighted by molar-refractivity contribution is -0.142. The maximum Gasteiger partial charge on any atom is 0.252 e. The van der Waals surface area contributed by atoms with E-state index in [-0.39, 0.29) is 18.2 Å². The van der Waals surface area contributed by atoms with Crippen LogP contribution in [-0.4, -0.2) is 44.6 Å². The summed E-state index contributed by atoms with van der Waals surface area (Å²) in [6, 6.07) is 3.62. The molecular weight excluding hydrogens is 298 g/mol. The molecule has 1 aromatic rings. The minimum atomic E-state index is -0.244. The van der Waals surface area contributed by atoms with E-state index in [1.54, 1.807) is 27.4 Å². The zero-order valence-corrected chi connectivity index (χ0v) is 13.6. The van der Waals surface area contributed by atoms with Crippen molar-refractivity contribution in [1.29, 1.82) is 0 Å². The second kappa shape index (κ2) is 7.67. The van der Waals surface area contributed by atoms with Gasteiger partial charge in [0.1, 0.15) is 0 Å². The average Bonchev–Trinajstić information content (AvgIpc) is 2.58. The number of imide groups is 1. The van der Waals surface area contributed by atoms with Gasteiger partial charge in [-0.2, -0.15) is 0 Å². The third-order valence-electron chi connectivity index (χ3n) is 3.70. The molecule has 6 heteroatoms. The van der Waals surface area contributed by atoms with Gasteiger partial charge in [-0.3, -0.25) is 14.5 Å². The smallest absolute Gasteiger partial charge is 0.252 e. The van der Waals surface area contributed by atoms with Gasteiger partial charge in [-0.15, -0.1) is 0 Å². The zero-order valence-electron chi connectivity index (χ0n) is 13.6. The Morgan fingerprint density at radius 2 is 1.78 bits per heavy atom. The minimum Gasteiger partial charge on any atom is -0.493 e. The maximum atomic E-state index is 12.2. The Morgan fingerprint density at radius 3 is 2.30 bits per heavy atom. The van der Waals surface area contributed by atoms with Crippen LogP contribution in [-0.2, 0) is 16.0 Å². The number of nitrogens with zero attached hydrogens (tertiary/aromatic N) is 1. The molecule has 0 bridgehead atoms. The molecule has 0 radical (unpaired) electrons. The van der Waals surface area contributed by atoms with E-state index in [1.807, 2.05) is 12.1 Å². The highest BCUT2D eigenvalue weighted by atomic mass is 16.5. The molecule has 0 saturated heterocycles. The summed E-state index contributed by atoms with van der Waals surface area (Å²) in [6.07, 6.45) is 4.68. The monoisotopic (exact) mass is 319 g/mol. The van der Waals surface area contributed by atoms with Crippen LogP contribution in [0.2, 0.25) is 0 Å². The molecule has 1 aliphatic rings. The molecule has 0 fully saturated rings. The Hall–Kier alpha value is -2.50. The van der Waals surface area contributed by atoms with Crippen LogP contribution < -0.4 is 14.2 Å². The van der Waals surface area contributed by atoms with Crippen molar-refractivity contribution in [2.24, 2.45) is 0 Å². The second-order valence-corrected chi connectivity index (χ2v) is 5.11. The summed E-state index contributed by atoms with van der Waals surface area (Å²) in [5, 5.41) is 0. The molecule has 1 heterocycles. The molecule has 2 rings (SSSR count). The SMILES string of the molecule is COc1cc(CCC(=O)N2CCC=CC2=O)cc(OC)c1OC. The van der Waals surface area contributed by atoms with Gasteiger partial charge in [-0.1, -0.05) is 6.08 Å². The van der Waals surface area contributed by atoms with Crippen LogP contribution in [0.1, 0.15) is 18.4 Å². The first-order valence-electron chi connectivity index (χ1n) is 7.40. The number of hydrogen-bond acceptors (Lipinski definition) is 5. The van der Waals surface area contributed by atoms with E-state index in [1.165, 1.54) is 11.0 Å². The van der Waals surface area contributed by atoms with E-state index in [0.29, 0.717) is 36.6 Å². The van der Waals surface area contributed by atoms with E-state index >= 15 is 0 Å². The number of carbonyl (C=O) groups excluding carboxylic acids is 2. The number of ether oxygens (including phenoxy) is 3. The standard InChI is InChI=1S/C17H21NO5/c1-21-13-10-12(11-14(22-2)17(13)23-3)7-8-16(20)18-9-5-4-6-15(18)19/h4,6,10-11H,5,7-9H2,1-3H3. The van der Waals surface area contributed by atoms with Crippen LogP contribution in [0.5, 0.6) is 17.2 Å². The van der Waals surface area contributed by atoms with Crippen molar-refractivity contribution in [2.75, 3.05) is 27.9 Å². The number of rotatable bonds is 6. The van der Waals surface area contributed by atoms with Crippen LogP contribution in [0.3, 0.4) is 0 Å². The van der Waals surface area contributed by atoms with Crippen LogP contribution in [0.4, 0.5) is 0 Å². The minimum absolute atomic E-state index is 0.173. The second-order valence-electron chi connectivity index (χ2n) is 5.11. The first-order valence-corrected chi connectivity index (χ1v) is 7.40. The lowest BCUT2D eigenvalue weighted by Gasteiger charge is -2.21. The molecule has 6 nitrogen and oxygen atoms in total. The fraction of sp³-hybridized carbons (Fsp3) is 0.412. The predicted molar refractivity (Wildman–Crippen MR) is 84.9 cm³/mol. The number of amides is 2. The van der Waals surface area contributed by atoms with E-state index in [2.05, 4.69) is 0 Å². The van der Waals surface area contributed by atoms with Gasteiger partial charge in [-0.05, 0) is 36.6 Å². The summed E-state index contributed by atoms with van der Waals surface area (Å²) >= 11 is 0. The number of benzene rings is 1. The Labute approximate surface area is 135 Å². The lowest BCUT2D eigenvalue weighted by atomic mass is 10.1. The fourth-order valence-electron chi connectivity index (χ4n) is 2.50. The molecule has 23 heavy (non-hydrogen) atoms. The summed E-state index contributed by atoms with van der Waals surface area (Å²) in [5.74, 6) is 1.19. The Kier molecular flexibility index (Phi) is 5.62. The van der Waals surface area contributed by atoms with Gasteiger partial charge in [0.2, 0.25) is 11.7 Å². The first kappa shape index (κ1) is 16.9. The molecular formula is C17H21NO5. The van der Waals surface area contributed by atoms with Crippen LogP contribution >= 0.6 is 0 Å². The molecule has 0 N–H and O–H groups in total. The van der Waals surface area contributed by atoms with Crippen molar-refractivity contribution >= 4 is 11.8 Å². The van der Waals surface area contributed by atoms with E-state index in [0.717, 1.165) is 5.56 Å². The summed E-state index contributed by atoms with van der Waals surface area (Å²) in [6.45, 7) is 0.448. The number of carbonyl (C=O) groups is 2. The Morgan fingerprint density at radius 1 is 1.13 bits per heavy atom. The van der Waals surface area contributed by atoms with Gasteiger partial charge in [0, 0.05) is 13.0 Å². The largest absolute Gasteiger partial charge is 0.493 e. The number of methoxy groups -OCH3 is 3. The van der Waals surface area contributed by atoms with E-state index in [9.17, 15) is 9.59 Å². The Bertz CT molecular complexity index is 598. The van der Waals surface area contributed by atoms with Gasteiger partial charge in [0.25, 0.3) is 5.91 Å².